The van der Waals surface area contributed by atoms with Gasteiger partial charge in [-0.25, -0.2) is 4.98 Å². The first-order valence-corrected chi connectivity index (χ1v) is 8.44. The molecule has 0 aliphatic carbocycles. The molecule has 0 bridgehead atoms. The molecular weight excluding hydrogens is 334 g/mol. The zero-order valence-corrected chi connectivity index (χ0v) is 14.5. The fourth-order valence-electron chi connectivity index (χ4n) is 1.99. The Hall–Kier alpha value is -1.07. The van der Waals surface area contributed by atoms with Gasteiger partial charge in [-0.2, -0.15) is 0 Å². The van der Waals surface area contributed by atoms with Crippen LogP contribution in [0.3, 0.4) is 0 Å². The summed E-state index contributed by atoms with van der Waals surface area (Å²) in [6.45, 7) is 9.25. The van der Waals surface area contributed by atoms with Gasteiger partial charge in [0, 0.05) is 34.3 Å². The maximum Gasteiger partial charge on any atom is 0.185 e. The summed E-state index contributed by atoms with van der Waals surface area (Å²) < 4.78 is 1.10. The average Bonchev–Trinajstić information content (AvgIpc) is 2.90. The van der Waals surface area contributed by atoms with Gasteiger partial charge in [0.05, 0.1) is 6.54 Å². The fraction of sp³-hybridized carbons (Fsp3) is 0.400. The highest BCUT2D eigenvalue weighted by molar-refractivity contribution is 9.10. The fourth-order valence-corrected chi connectivity index (χ4v) is 3.32. The van der Waals surface area contributed by atoms with Crippen molar-refractivity contribution in [3.05, 3.63) is 39.3 Å². The van der Waals surface area contributed by atoms with E-state index >= 15 is 0 Å². The summed E-state index contributed by atoms with van der Waals surface area (Å²) in [5.41, 5.74) is 2.42. The van der Waals surface area contributed by atoms with Gasteiger partial charge in [0.1, 0.15) is 0 Å². The van der Waals surface area contributed by atoms with Gasteiger partial charge in [-0.05, 0) is 38.5 Å². The minimum Gasteiger partial charge on any atom is -0.380 e. The molecule has 0 amide bonds. The summed E-state index contributed by atoms with van der Waals surface area (Å²) in [5, 5.41) is 4.59. The molecule has 20 heavy (non-hydrogen) atoms. The summed E-state index contributed by atoms with van der Waals surface area (Å²) in [7, 11) is 0. The van der Waals surface area contributed by atoms with Crippen LogP contribution in [0.5, 0.6) is 0 Å². The molecule has 0 fully saturated rings. The van der Waals surface area contributed by atoms with Gasteiger partial charge in [-0.1, -0.05) is 22.0 Å². The van der Waals surface area contributed by atoms with Gasteiger partial charge in [-0.3, -0.25) is 0 Å². The standard InChI is InChI=1S/C15H20BrN3S/c1-4-19(5-2)15-18-10-13(20-15)9-17-14-8-12(16)7-6-11(14)3/h6-8,10,17H,4-5,9H2,1-3H3. The predicted molar refractivity (Wildman–Crippen MR) is 91.9 cm³/mol. The highest BCUT2D eigenvalue weighted by atomic mass is 79.9. The Balaban J connectivity index is 2.02. The Labute approximate surface area is 133 Å². The Bertz CT molecular complexity index is 564. The molecule has 0 aliphatic heterocycles. The van der Waals surface area contributed by atoms with Gasteiger partial charge in [0.15, 0.2) is 5.13 Å². The number of benzene rings is 1. The number of aromatic nitrogens is 1. The van der Waals surface area contributed by atoms with Crippen LogP contribution in [0, 0.1) is 6.92 Å². The molecule has 0 radical (unpaired) electrons. The molecule has 0 aliphatic rings. The van der Waals surface area contributed by atoms with Crippen molar-refractivity contribution in [3.8, 4) is 0 Å². The second kappa shape index (κ2) is 7.09. The van der Waals surface area contributed by atoms with Gasteiger partial charge in [0.25, 0.3) is 0 Å². The van der Waals surface area contributed by atoms with Crippen LogP contribution in [0.2, 0.25) is 0 Å². The number of nitrogens with one attached hydrogen (secondary N) is 1. The Morgan fingerprint density at radius 1 is 1.30 bits per heavy atom. The number of hydrogen-bond donors (Lipinski definition) is 1. The van der Waals surface area contributed by atoms with Crippen molar-refractivity contribution in [3.63, 3.8) is 0 Å². The van der Waals surface area contributed by atoms with E-state index < -0.39 is 0 Å². The molecule has 2 aromatic rings. The lowest BCUT2D eigenvalue weighted by Crippen LogP contribution is -2.21. The SMILES string of the molecule is CCN(CC)c1ncc(CNc2cc(Br)ccc2C)s1. The zero-order chi connectivity index (χ0) is 14.5. The van der Waals surface area contributed by atoms with Crippen molar-refractivity contribution in [1.29, 1.82) is 0 Å². The molecule has 5 heteroatoms. The summed E-state index contributed by atoms with van der Waals surface area (Å²) in [4.78, 5) is 8.04. The topological polar surface area (TPSA) is 28.2 Å². The highest BCUT2D eigenvalue weighted by Crippen LogP contribution is 2.25. The van der Waals surface area contributed by atoms with Gasteiger partial charge in [0.2, 0.25) is 0 Å². The molecule has 0 saturated heterocycles. The van der Waals surface area contributed by atoms with E-state index in [4.69, 9.17) is 0 Å². The second-order valence-electron chi connectivity index (χ2n) is 4.59. The molecule has 1 heterocycles. The van der Waals surface area contributed by atoms with E-state index in [1.165, 1.54) is 10.4 Å². The number of rotatable bonds is 6. The van der Waals surface area contributed by atoms with Gasteiger partial charge < -0.3 is 10.2 Å². The van der Waals surface area contributed by atoms with Crippen molar-refractivity contribution in [2.75, 3.05) is 23.3 Å². The maximum atomic E-state index is 4.51. The van der Waals surface area contributed by atoms with Crippen LogP contribution in [-0.2, 0) is 6.54 Å². The van der Waals surface area contributed by atoms with E-state index in [0.717, 1.165) is 34.9 Å². The molecular formula is C15H20BrN3S. The first-order valence-electron chi connectivity index (χ1n) is 6.83. The summed E-state index contributed by atoms with van der Waals surface area (Å²) in [6.07, 6.45) is 1.97. The van der Waals surface area contributed by atoms with Gasteiger partial charge >= 0.3 is 0 Å². The number of aryl methyl sites for hydroxylation is 1. The number of halogens is 1. The molecule has 0 saturated carbocycles. The van der Waals surface area contributed by atoms with E-state index in [2.05, 4.69) is 70.1 Å². The van der Waals surface area contributed by atoms with Crippen LogP contribution in [0.15, 0.2) is 28.9 Å². The number of nitrogens with zero attached hydrogens (tertiary/aromatic N) is 2. The largest absolute Gasteiger partial charge is 0.380 e. The first-order chi connectivity index (χ1) is 9.63. The monoisotopic (exact) mass is 353 g/mol. The first kappa shape index (κ1) is 15.3. The van der Waals surface area contributed by atoms with Crippen LogP contribution >= 0.6 is 27.3 Å². The minimum absolute atomic E-state index is 0.816. The van der Waals surface area contributed by atoms with Crippen LogP contribution in [-0.4, -0.2) is 18.1 Å². The zero-order valence-electron chi connectivity index (χ0n) is 12.1. The van der Waals surface area contributed by atoms with E-state index in [9.17, 15) is 0 Å². The van der Waals surface area contributed by atoms with E-state index in [-0.39, 0.29) is 0 Å². The maximum absolute atomic E-state index is 4.51. The predicted octanol–water partition coefficient (Wildman–Crippen LogP) is 4.67. The third kappa shape index (κ3) is 3.73. The van der Waals surface area contributed by atoms with Crippen molar-refractivity contribution < 1.29 is 0 Å². The van der Waals surface area contributed by atoms with Crippen molar-refractivity contribution >= 4 is 38.1 Å². The Morgan fingerprint density at radius 2 is 2.05 bits per heavy atom. The summed E-state index contributed by atoms with van der Waals surface area (Å²) >= 11 is 5.27. The molecule has 0 spiro atoms. The smallest absolute Gasteiger partial charge is 0.185 e. The summed E-state index contributed by atoms with van der Waals surface area (Å²) in [5.74, 6) is 0. The molecule has 1 aromatic carbocycles. The molecule has 1 aromatic heterocycles. The minimum atomic E-state index is 0.816. The van der Waals surface area contributed by atoms with E-state index in [0.29, 0.717) is 0 Å². The third-order valence-electron chi connectivity index (χ3n) is 3.23. The lowest BCUT2D eigenvalue weighted by Gasteiger charge is -2.16. The molecule has 1 N–H and O–H groups in total. The molecule has 108 valence electrons. The number of hydrogen-bond acceptors (Lipinski definition) is 4. The van der Waals surface area contributed by atoms with Crippen LogP contribution in [0.1, 0.15) is 24.3 Å². The van der Waals surface area contributed by atoms with Crippen molar-refractivity contribution in [1.82, 2.24) is 4.98 Å². The lowest BCUT2D eigenvalue weighted by atomic mass is 10.2. The normalized spacial score (nSPS) is 10.6. The number of thiazole rings is 1. The van der Waals surface area contributed by atoms with Gasteiger partial charge in [-0.15, -0.1) is 11.3 Å². The van der Waals surface area contributed by atoms with Crippen LogP contribution in [0.25, 0.3) is 0 Å². The molecule has 2 rings (SSSR count). The highest BCUT2D eigenvalue weighted by Gasteiger charge is 2.08. The van der Waals surface area contributed by atoms with Crippen molar-refractivity contribution in [2.45, 2.75) is 27.3 Å². The van der Waals surface area contributed by atoms with Crippen molar-refractivity contribution in [2.24, 2.45) is 0 Å². The molecule has 0 unspecified atom stereocenters. The quantitative estimate of drug-likeness (QED) is 0.817. The van der Waals surface area contributed by atoms with Crippen LogP contribution in [0.4, 0.5) is 10.8 Å². The second-order valence-corrected chi connectivity index (χ2v) is 6.60. The average molecular weight is 354 g/mol. The Morgan fingerprint density at radius 3 is 2.75 bits per heavy atom. The van der Waals surface area contributed by atoms with E-state index in [1.54, 1.807) is 11.3 Å². The summed E-state index contributed by atoms with van der Waals surface area (Å²) in [6, 6.07) is 6.29. The number of anilines is 2. The Kier molecular flexibility index (Phi) is 5.43. The lowest BCUT2D eigenvalue weighted by molar-refractivity contribution is 0.860. The van der Waals surface area contributed by atoms with E-state index in [1.807, 2.05) is 6.20 Å². The van der Waals surface area contributed by atoms with Crippen LogP contribution < -0.4 is 10.2 Å². The molecule has 0 atom stereocenters. The molecule has 3 nitrogen and oxygen atoms in total. The third-order valence-corrected chi connectivity index (χ3v) is 4.78.